The van der Waals surface area contributed by atoms with E-state index < -0.39 is 10.0 Å². The lowest BCUT2D eigenvalue weighted by Gasteiger charge is -2.23. The topological polar surface area (TPSA) is 55.2 Å². The number of hydrogen-bond acceptors (Lipinski definition) is 3. The first-order chi connectivity index (χ1) is 8.94. The lowest BCUT2D eigenvalue weighted by molar-refractivity contribution is 0.382. The van der Waals surface area contributed by atoms with E-state index in [1.54, 1.807) is 10.5 Å². The molecule has 1 aromatic rings. The smallest absolute Gasteiger partial charge is 0.215 e. The van der Waals surface area contributed by atoms with Crippen molar-refractivity contribution in [2.75, 3.05) is 11.6 Å². The van der Waals surface area contributed by atoms with Gasteiger partial charge in [0, 0.05) is 31.4 Å². The van der Waals surface area contributed by atoms with Gasteiger partial charge in [-0.25, -0.2) is 13.4 Å². The van der Waals surface area contributed by atoms with Crippen molar-refractivity contribution in [3.8, 4) is 0 Å². The molecule has 0 radical (unpaired) electrons. The third-order valence-corrected chi connectivity index (χ3v) is 5.95. The Morgan fingerprint density at radius 2 is 2.26 bits per heavy atom. The van der Waals surface area contributed by atoms with E-state index in [4.69, 9.17) is 11.6 Å². The second-order valence-corrected chi connectivity index (χ2v) is 7.54. The molecule has 0 N–H and O–H groups in total. The fourth-order valence-electron chi connectivity index (χ4n) is 2.01. The number of nitrogens with zero attached hydrogens (tertiary/aromatic N) is 3. The third kappa shape index (κ3) is 3.70. The quantitative estimate of drug-likeness (QED) is 0.719. The Balaban J connectivity index is 2.14. The number of halogens is 1. The number of sulfonamides is 1. The summed E-state index contributed by atoms with van der Waals surface area (Å²) in [5.74, 6) is 1.21. The maximum atomic E-state index is 12.4. The number of rotatable bonds is 7. The second kappa shape index (κ2) is 5.81. The van der Waals surface area contributed by atoms with Crippen molar-refractivity contribution >= 4 is 21.6 Å². The van der Waals surface area contributed by atoms with Gasteiger partial charge in [0.25, 0.3) is 0 Å². The van der Waals surface area contributed by atoms with Gasteiger partial charge in [0.05, 0.1) is 12.3 Å². The minimum Gasteiger partial charge on any atom is -0.337 e. The van der Waals surface area contributed by atoms with Crippen molar-refractivity contribution in [3.05, 3.63) is 18.2 Å². The lowest BCUT2D eigenvalue weighted by atomic mass is 10.3. The van der Waals surface area contributed by atoms with Gasteiger partial charge in [0.2, 0.25) is 10.0 Å². The summed E-state index contributed by atoms with van der Waals surface area (Å²) in [7, 11) is -1.39. The van der Waals surface area contributed by atoms with Crippen LogP contribution >= 0.6 is 11.6 Å². The molecule has 0 spiro atoms. The lowest BCUT2D eigenvalue weighted by Crippen LogP contribution is -2.37. The summed E-state index contributed by atoms with van der Waals surface area (Å²) in [6, 6.07) is 0.143. The number of aromatic nitrogens is 2. The first kappa shape index (κ1) is 14.8. The normalized spacial score (nSPS) is 17.9. The number of aryl methyl sites for hydroxylation is 1. The summed E-state index contributed by atoms with van der Waals surface area (Å²) < 4.78 is 28.4. The van der Waals surface area contributed by atoms with Crippen LogP contribution in [0.4, 0.5) is 0 Å². The molecule has 1 saturated carbocycles. The van der Waals surface area contributed by atoms with Crippen molar-refractivity contribution < 1.29 is 8.42 Å². The Hall–Kier alpha value is -0.590. The molecule has 0 saturated heterocycles. The van der Waals surface area contributed by atoms with E-state index in [-0.39, 0.29) is 17.7 Å². The molecule has 5 nitrogen and oxygen atoms in total. The number of imidazole rings is 1. The Kier molecular flexibility index (Phi) is 4.53. The van der Waals surface area contributed by atoms with Crippen LogP contribution in [0, 0.1) is 5.92 Å². The fourth-order valence-corrected chi connectivity index (χ4v) is 4.25. The minimum atomic E-state index is -3.27. The fraction of sp³-hybridized carbons (Fsp3) is 0.750. The predicted molar refractivity (Wildman–Crippen MR) is 75.4 cm³/mol. The molecule has 1 unspecified atom stereocenters. The molecule has 1 heterocycles. The van der Waals surface area contributed by atoms with Crippen molar-refractivity contribution in [3.63, 3.8) is 0 Å². The number of alkyl halides is 1. The molecule has 1 atom stereocenters. The molecule has 1 aromatic heterocycles. The zero-order valence-electron chi connectivity index (χ0n) is 11.3. The van der Waals surface area contributed by atoms with Crippen LogP contribution in [-0.4, -0.2) is 39.9 Å². The molecule has 0 amide bonds. The van der Waals surface area contributed by atoms with E-state index in [1.165, 1.54) is 0 Å². The summed E-state index contributed by atoms with van der Waals surface area (Å²) in [6.07, 6.45) is 5.40. The zero-order valence-corrected chi connectivity index (χ0v) is 12.9. The summed E-state index contributed by atoms with van der Waals surface area (Å²) in [4.78, 5) is 4.21. The van der Waals surface area contributed by atoms with Crippen LogP contribution in [-0.2, 0) is 23.6 Å². The molecule has 19 heavy (non-hydrogen) atoms. The van der Waals surface area contributed by atoms with Gasteiger partial charge in [-0.15, -0.1) is 11.6 Å². The van der Waals surface area contributed by atoms with Crippen LogP contribution in [0.3, 0.4) is 0 Å². The van der Waals surface area contributed by atoms with E-state index in [0.29, 0.717) is 12.4 Å². The van der Waals surface area contributed by atoms with E-state index >= 15 is 0 Å². The maximum Gasteiger partial charge on any atom is 0.215 e. The SMILES string of the molecule is CC(CCl)CS(=O)(=O)N(Cc1nccn1C)C1CC1. The van der Waals surface area contributed by atoms with E-state index in [2.05, 4.69) is 4.98 Å². The predicted octanol–water partition coefficient (Wildman–Crippen LogP) is 1.59. The van der Waals surface area contributed by atoms with Gasteiger partial charge < -0.3 is 4.57 Å². The van der Waals surface area contributed by atoms with Crippen LogP contribution in [0.25, 0.3) is 0 Å². The highest BCUT2D eigenvalue weighted by atomic mass is 35.5. The van der Waals surface area contributed by atoms with E-state index in [0.717, 1.165) is 18.7 Å². The molecule has 0 aromatic carbocycles. The molecule has 1 fully saturated rings. The van der Waals surface area contributed by atoms with Gasteiger partial charge in [-0.3, -0.25) is 0 Å². The third-order valence-electron chi connectivity index (χ3n) is 3.29. The summed E-state index contributed by atoms with van der Waals surface area (Å²) in [5.41, 5.74) is 0. The highest BCUT2D eigenvalue weighted by molar-refractivity contribution is 7.89. The Bertz CT molecular complexity index is 525. The summed E-state index contributed by atoms with van der Waals surface area (Å²) in [5, 5.41) is 0. The zero-order chi connectivity index (χ0) is 14.0. The van der Waals surface area contributed by atoms with Gasteiger partial charge >= 0.3 is 0 Å². The molecule has 1 aliphatic rings. The molecule has 7 heteroatoms. The average Bonchev–Trinajstić information content (AvgIpc) is 3.09. The summed E-state index contributed by atoms with van der Waals surface area (Å²) >= 11 is 5.73. The van der Waals surface area contributed by atoms with Crippen LogP contribution < -0.4 is 0 Å². The van der Waals surface area contributed by atoms with Crippen LogP contribution in [0.5, 0.6) is 0 Å². The monoisotopic (exact) mass is 305 g/mol. The Morgan fingerprint density at radius 3 is 2.74 bits per heavy atom. The van der Waals surface area contributed by atoms with Crippen LogP contribution in [0.2, 0.25) is 0 Å². The Morgan fingerprint density at radius 1 is 1.58 bits per heavy atom. The molecule has 1 aliphatic carbocycles. The molecular formula is C12H20ClN3O2S. The largest absolute Gasteiger partial charge is 0.337 e. The molecular weight excluding hydrogens is 286 g/mol. The molecule has 0 aliphatic heterocycles. The Labute approximate surface area is 119 Å². The van der Waals surface area contributed by atoms with Gasteiger partial charge in [-0.1, -0.05) is 6.92 Å². The summed E-state index contributed by atoms with van der Waals surface area (Å²) in [6.45, 7) is 2.21. The van der Waals surface area contributed by atoms with Gasteiger partial charge in [-0.2, -0.15) is 4.31 Å². The first-order valence-corrected chi connectivity index (χ1v) is 8.60. The van der Waals surface area contributed by atoms with Crippen LogP contribution in [0.1, 0.15) is 25.6 Å². The first-order valence-electron chi connectivity index (χ1n) is 6.45. The standard InChI is InChI=1S/C12H20ClN3O2S/c1-10(7-13)9-19(17,18)16(11-3-4-11)8-12-14-5-6-15(12)2/h5-6,10-11H,3-4,7-9H2,1-2H3. The van der Waals surface area contributed by atoms with E-state index in [9.17, 15) is 8.42 Å². The average molecular weight is 306 g/mol. The minimum absolute atomic E-state index is 0.0331. The van der Waals surface area contributed by atoms with Crippen LogP contribution in [0.15, 0.2) is 12.4 Å². The maximum absolute atomic E-state index is 12.4. The number of hydrogen-bond donors (Lipinski definition) is 0. The van der Waals surface area contributed by atoms with Gasteiger partial charge in [-0.05, 0) is 18.8 Å². The molecule has 0 bridgehead atoms. The second-order valence-electron chi connectivity index (χ2n) is 5.27. The van der Waals surface area contributed by atoms with Gasteiger partial charge in [0.1, 0.15) is 5.82 Å². The van der Waals surface area contributed by atoms with Crippen molar-refractivity contribution in [1.82, 2.24) is 13.9 Å². The molecule has 2 rings (SSSR count). The highest BCUT2D eigenvalue weighted by Crippen LogP contribution is 2.31. The van der Waals surface area contributed by atoms with Crippen molar-refractivity contribution in [2.45, 2.75) is 32.4 Å². The van der Waals surface area contributed by atoms with Gasteiger partial charge in [0.15, 0.2) is 0 Å². The highest BCUT2D eigenvalue weighted by Gasteiger charge is 2.38. The molecule has 108 valence electrons. The van der Waals surface area contributed by atoms with Crippen molar-refractivity contribution in [1.29, 1.82) is 0 Å². The van der Waals surface area contributed by atoms with Crippen molar-refractivity contribution in [2.24, 2.45) is 13.0 Å². The van der Waals surface area contributed by atoms with E-state index in [1.807, 2.05) is 24.7 Å².